The number of hydrogen-bond acceptors (Lipinski definition) is 2. The van der Waals surface area contributed by atoms with Crippen molar-refractivity contribution in [3.8, 4) is 0 Å². The molecular formula is C12H12N2O. The van der Waals surface area contributed by atoms with E-state index in [4.69, 9.17) is 4.74 Å². The van der Waals surface area contributed by atoms with Gasteiger partial charge in [-0.2, -0.15) is 5.10 Å². The highest BCUT2D eigenvalue weighted by atomic mass is 16.6. The Balaban J connectivity index is 1.76. The van der Waals surface area contributed by atoms with Crippen molar-refractivity contribution in [1.29, 1.82) is 0 Å². The zero-order valence-electron chi connectivity index (χ0n) is 8.34. The molecule has 0 amide bonds. The number of ether oxygens (including phenoxy) is 1. The molecule has 2 aromatic rings. The zero-order valence-corrected chi connectivity index (χ0v) is 8.34. The van der Waals surface area contributed by atoms with E-state index in [2.05, 4.69) is 23.4 Å². The summed E-state index contributed by atoms with van der Waals surface area (Å²) in [7, 11) is 0. The fourth-order valence-electron chi connectivity index (χ4n) is 1.64. The Kier molecular flexibility index (Phi) is 2.03. The van der Waals surface area contributed by atoms with Gasteiger partial charge in [0.2, 0.25) is 0 Å². The Morgan fingerprint density at radius 3 is 2.87 bits per heavy atom. The van der Waals surface area contributed by atoms with Gasteiger partial charge in [-0.3, -0.25) is 4.68 Å². The van der Waals surface area contributed by atoms with E-state index in [1.54, 1.807) is 0 Å². The molecule has 3 rings (SSSR count). The van der Waals surface area contributed by atoms with Gasteiger partial charge in [-0.1, -0.05) is 30.3 Å². The molecule has 0 radical (unpaired) electrons. The summed E-state index contributed by atoms with van der Waals surface area (Å²) >= 11 is 0. The van der Waals surface area contributed by atoms with Gasteiger partial charge in [0.05, 0.1) is 19.3 Å². The summed E-state index contributed by atoms with van der Waals surface area (Å²) < 4.78 is 7.16. The van der Waals surface area contributed by atoms with E-state index in [-0.39, 0.29) is 0 Å². The van der Waals surface area contributed by atoms with Crippen LogP contribution in [0.5, 0.6) is 0 Å². The van der Waals surface area contributed by atoms with E-state index >= 15 is 0 Å². The normalized spacial score (nSPS) is 19.1. The zero-order chi connectivity index (χ0) is 10.1. The molecule has 3 heteroatoms. The first-order valence-electron chi connectivity index (χ1n) is 5.10. The maximum atomic E-state index is 5.20. The highest BCUT2D eigenvalue weighted by Crippen LogP contribution is 2.28. The quantitative estimate of drug-likeness (QED) is 0.709. The van der Waals surface area contributed by atoms with Gasteiger partial charge in [-0.25, -0.2) is 0 Å². The van der Waals surface area contributed by atoms with E-state index < -0.39 is 0 Å². The summed E-state index contributed by atoms with van der Waals surface area (Å²) in [6.07, 6.45) is 4.25. The molecule has 0 spiro atoms. The summed E-state index contributed by atoms with van der Waals surface area (Å²) in [6, 6.07) is 10.3. The number of nitrogens with zero attached hydrogens (tertiary/aromatic N) is 2. The number of hydrogen-bond donors (Lipinski definition) is 0. The molecule has 1 aromatic carbocycles. The van der Waals surface area contributed by atoms with E-state index in [1.165, 1.54) is 11.1 Å². The highest BCUT2D eigenvalue weighted by molar-refractivity contribution is 5.17. The van der Waals surface area contributed by atoms with Crippen LogP contribution in [0.2, 0.25) is 0 Å². The fourth-order valence-corrected chi connectivity index (χ4v) is 1.64. The molecule has 1 aliphatic heterocycles. The molecule has 3 nitrogen and oxygen atoms in total. The van der Waals surface area contributed by atoms with Gasteiger partial charge in [0, 0.05) is 11.8 Å². The molecule has 76 valence electrons. The third-order valence-electron chi connectivity index (χ3n) is 2.55. The van der Waals surface area contributed by atoms with E-state index in [1.807, 2.05) is 29.1 Å². The molecule has 1 aliphatic rings. The second-order valence-electron chi connectivity index (χ2n) is 3.78. The largest absolute Gasteiger partial charge is 0.368 e. The Labute approximate surface area is 88.3 Å². The molecule has 0 aliphatic carbocycles. The fraction of sp³-hybridized carbons (Fsp3) is 0.250. The van der Waals surface area contributed by atoms with Gasteiger partial charge in [0.15, 0.2) is 0 Å². The van der Waals surface area contributed by atoms with Gasteiger partial charge in [0.25, 0.3) is 0 Å². The maximum Gasteiger partial charge on any atom is 0.109 e. The molecule has 0 saturated carbocycles. The molecule has 1 fully saturated rings. The minimum absolute atomic E-state index is 0.300. The molecule has 0 N–H and O–H groups in total. The van der Waals surface area contributed by atoms with Crippen LogP contribution in [0.25, 0.3) is 0 Å². The average Bonchev–Trinajstić information content (AvgIpc) is 3.02. The average molecular weight is 200 g/mol. The Morgan fingerprint density at radius 1 is 1.33 bits per heavy atom. The van der Waals surface area contributed by atoms with Crippen LogP contribution in [0.3, 0.4) is 0 Å². The van der Waals surface area contributed by atoms with Crippen molar-refractivity contribution in [2.24, 2.45) is 0 Å². The lowest BCUT2D eigenvalue weighted by Gasteiger charge is -2.00. The second kappa shape index (κ2) is 3.51. The number of benzene rings is 1. The first-order chi connectivity index (χ1) is 7.42. The smallest absolute Gasteiger partial charge is 0.109 e. The molecule has 2 heterocycles. The van der Waals surface area contributed by atoms with Crippen LogP contribution in [0.1, 0.15) is 17.2 Å². The maximum absolute atomic E-state index is 5.20. The van der Waals surface area contributed by atoms with Gasteiger partial charge in [-0.05, 0) is 5.56 Å². The molecule has 1 aromatic heterocycles. The van der Waals surface area contributed by atoms with Crippen LogP contribution in [-0.2, 0) is 11.3 Å². The van der Waals surface area contributed by atoms with Crippen LogP contribution in [0.4, 0.5) is 0 Å². The van der Waals surface area contributed by atoms with Gasteiger partial charge < -0.3 is 4.74 Å². The Hall–Kier alpha value is -1.61. The van der Waals surface area contributed by atoms with Crippen molar-refractivity contribution in [1.82, 2.24) is 9.78 Å². The lowest BCUT2D eigenvalue weighted by Crippen LogP contribution is -1.99. The number of epoxide rings is 1. The lowest BCUT2D eigenvalue weighted by molar-refractivity contribution is 0.415. The molecular weight excluding hydrogens is 188 g/mol. The summed E-state index contributed by atoms with van der Waals surface area (Å²) in [6.45, 7) is 1.67. The number of aromatic nitrogens is 2. The summed E-state index contributed by atoms with van der Waals surface area (Å²) in [5, 5.41) is 4.31. The predicted octanol–water partition coefficient (Wildman–Crippen LogP) is 2.00. The van der Waals surface area contributed by atoms with Crippen LogP contribution >= 0.6 is 0 Å². The van der Waals surface area contributed by atoms with Crippen LogP contribution in [-0.4, -0.2) is 16.4 Å². The molecule has 15 heavy (non-hydrogen) atoms. The van der Waals surface area contributed by atoms with E-state index in [9.17, 15) is 0 Å². The first kappa shape index (κ1) is 8.68. The van der Waals surface area contributed by atoms with Crippen molar-refractivity contribution in [3.05, 3.63) is 53.9 Å². The third kappa shape index (κ3) is 1.92. The first-order valence-corrected chi connectivity index (χ1v) is 5.10. The number of rotatable bonds is 3. The van der Waals surface area contributed by atoms with Crippen LogP contribution < -0.4 is 0 Å². The van der Waals surface area contributed by atoms with Gasteiger partial charge in [0.1, 0.15) is 6.10 Å². The highest BCUT2D eigenvalue weighted by Gasteiger charge is 2.25. The second-order valence-corrected chi connectivity index (χ2v) is 3.78. The van der Waals surface area contributed by atoms with E-state index in [0.717, 1.165) is 13.2 Å². The predicted molar refractivity (Wildman–Crippen MR) is 56.5 cm³/mol. The molecule has 1 saturated heterocycles. The van der Waals surface area contributed by atoms with Crippen LogP contribution in [0.15, 0.2) is 42.7 Å². The monoisotopic (exact) mass is 200 g/mol. The molecule has 0 bridgehead atoms. The standard InChI is InChI=1S/C12H12N2O/c1-2-4-10(5-3-1)7-14-8-11(6-13-14)12-9-15-12/h1-6,8,12H,7,9H2/t12-/m0/s1. The summed E-state index contributed by atoms with van der Waals surface area (Å²) in [4.78, 5) is 0. The van der Waals surface area contributed by atoms with Gasteiger partial charge >= 0.3 is 0 Å². The molecule has 1 atom stereocenters. The Bertz CT molecular complexity index is 446. The SMILES string of the molecule is c1ccc(Cn2cc([C@@H]3CO3)cn2)cc1. The third-order valence-corrected chi connectivity index (χ3v) is 2.55. The lowest BCUT2D eigenvalue weighted by atomic mass is 10.2. The van der Waals surface area contributed by atoms with Crippen molar-refractivity contribution in [3.63, 3.8) is 0 Å². The van der Waals surface area contributed by atoms with Crippen LogP contribution in [0, 0.1) is 0 Å². The Morgan fingerprint density at radius 2 is 2.13 bits per heavy atom. The van der Waals surface area contributed by atoms with Gasteiger partial charge in [-0.15, -0.1) is 0 Å². The van der Waals surface area contributed by atoms with E-state index in [0.29, 0.717) is 6.10 Å². The molecule has 0 unspecified atom stereocenters. The van der Waals surface area contributed by atoms with Crippen molar-refractivity contribution >= 4 is 0 Å². The summed E-state index contributed by atoms with van der Waals surface area (Å²) in [5.74, 6) is 0. The van der Waals surface area contributed by atoms with Crippen molar-refractivity contribution in [2.75, 3.05) is 6.61 Å². The topological polar surface area (TPSA) is 30.4 Å². The minimum atomic E-state index is 0.300. The van der Waals surface area contributed by atoms with Crippen molar-refractivity contribution in [2.45, 2.75) is 12.6 Å². The minimum Gasteiger partial charge on any atom is -0.368 e. The van der Waals surface area contributed by atoms with Crippen molar-refractivity contribution < 1.29 is 4.74 Å². The summed E-state index contributed by atoms with van der Waals surface area (Å²) in [5.41, 5.74) is 2.45.